The van der Waals surface area contributed by atoms with E-state index in [-0.39, 0.29) is 12.4 Å². The van der Waals surface area contributed by atoms with Gasteiger partial charge in [-0.2, -0.15) is 0 Å². The van der Waals surface area contributed by atoms with Crippen molar-refractivity contribution < 1.29 is 5.11 Å². The fraction of sp³-hybridized carbons (Fsp3) is 0.100. The topological polar surface area (TPSA) is 90.1 Å². The van der Waals surface area contributed by atoms with Crippen molar-refractivity contribution in [1.29, 1.82) is 0 Å². The quantitative estimate of drug-likeness (QED) is 0.774. The first-order chi connectivity index (χ1) is 7.65. The first-order valence-electron chi connectivity index (χ1n) is 4.63. The highest BCUT2D eigenvalue weighted by Gasteiger charge is 2.14. The molecule has 1 aromatic carbocycles. The SMILES string of the molecule is Nc1nn(-c2ccccc2Br)c(N)c1CO. The lowest BCUT2D eigenvalue weighted by molar-refractivity contribution is 0.283. The maximum Gasteiger partial charge on any atom is 0.153 e. The molecule has 0 radical (unpaired) electrons. The summed E-state index contributed by atoms with van der Waals surface area (Å²) in [6, 6.07) is 7.50. The van der Waals surface area contributed by atoms with Crippen LogP contribution < -0.4 is 11.5 Å². The van der Waals surface area contributed by atoms with Gasteiger partial charge in [0.05, 0.1) is 17.9 Å². The zero-order valence-electron chi connectivity index (χ0n) is 8.39. The number of rotatable bonds is 2. The number of nitrogen functional groups attached to an aromatic ring is 2. The van der Waals surface area contributed by atoms with E-state index in [1.54, 1.807) is 0 Å². The van der Waals surface area contributed by atoms with E-state index in [2.05, 4.69) is 21.0 Å². The average Bonchev–Trinajstić information content (AvgIpc) is 2.55. The predicted octanol–water partition coefficient (Wildman–Crippen LogP) is 1.29. The van der Waals surface area contributed by atoms with Crippen LogP contribution in [0.15, 0.2) is 28.7 Å². The van der Waals surface area contributed by atoms with Crippen molar-refractivity contribution in [1.82, 2.24) is 9.78 Å². The third-order valence-electron chi connectivity index (χ3n) is 2.29. The summed E-state index contributed by atoms with van der Waals surface area (Å²) < 4.78 is 2.36. The highest BCUT2D eigenvalue weighted by atomic mass is 79.9. The van der Waals surface area contributed by atoms with Gasteiger partial charge in [-0.3, -0.25) is 0 Å². The molecular formula is C10H11BrN4O. The molecule has 0 atom stereocenters. The minimum Gasteiger partial charge on any atom is -0.391 e. The lowest BCUT2D eigenvalue weighted by Crippen LogP contribution is -2.03. The van der Waals surface area contributed by atoms with Gasteiger partial charge in [-0.25, -0.2) is 4.68 Å². The summed E-state index contributed by atoms with van der Waals surface area (Å²) in [6.07, 6.45) is 0. The number of aliphatic hydroxyl groups excluding tert-OH is 1. The standard InChI is InChI=1S/C10H11BrN4O/c11-7-3-1-2-4-8(7)15-10(13)6(5-16)9(12)14-15/h1-4,16H,5,13H2,(H2,12,14). The minimum absolute atomic E-state index is 0.220. The number of halogens is 1. The van der Waals surface area contributed by atoms with Crippen LogP contribution in [0, 0.1) is 0 Å². The van der Waals surface area contributed by atoms with Gasteiger partial charge in [-0.1, -0.05) is 12.1 Å². The van der Waals surface area contributed by atoms with Gasteiger partial charge in [-0.15, -0.1) is 5.10 Å². The molecule has 0 spiro atoms. The van der Waals surface area contributed by atoms with Crippen molar-refractivity contribution in [3.63, 3.8) is 0 Å². The van der Waals surface area contributed by atoms with E-state index < -0.39 is 0 Å². The first kappa shape index (κ1) is 11.0. The maximum absolute atomic E-state index is 9.10. The predicted molar refractivity (Wildman–Crippen MR) is 66.0 cm³/mol. The van der Waals surface area contributed by atoms with Crippen LogP contribution in [0.25, 0.3) is 5.69 Å². The molecule has 5 nitrogen and oxygen atoms in total. The van der Waals surface area contributed by atoms with E-state index in [1.165, 1.54) is 4.68 Å². The van der Waals surface area contributed by atoms with Gasteiger partial charge in [0.1, 0.15) is 5.82 Å². The Kier molecular flexibility index (Phi) is 2.84. The smallest absolute Gasteiger partial charge is 0.153 e. The number of hydrogen-bond acceptors (Lipinski definition) is 4. The third-order valence-corrected chi connectivity index (χ3v) is 2.96. The van der Waals surface area contributed by atoms with Crippen molar-refractivity contribution >= 4 is 27.6 Å². The van der Waals surface area contributed by atoms with E-state index in [1.807, 2.05) is 24.3 Å². The lowest BCUT2D eigenvalue weighted by Gasteiger charge is -2.06. The number of para-hydroxylation sites is 1. The molecule has 0 fully saturated rings. The zero-order valence-corrected chi connectivity index (χ0v) is 9.98. The fourth-order valence-corrected chi connectivity index (χ4v) is 1.90. The molecule has 0 amide bonds. The van der Waals surface area contributed by atoms with Gasteiger partial charge in [0.15, 0.2) is 5.82 Å². The Morgan fingerprint density at radius 2 is 2.00 bits per heavy atom. The van der Waals surface area contributed by atoms with Crippen LogP contribution in [-0.2, 0) is 6.61 Å². The molecule has 0 aliphatic heterocycles. The molecule has 6 heteroatoms. The summed E-state index contributed by atoms with van der Waals surface area (Å²) >= 11 is 3.40. The minimum atomic E-state index is -0.220. The number of nitrogens with zero attached hydrogens (tertiary/aromatic N) is 2. The van der Waals surface area contributed by atoms with Gasteiger partial charge in [0, 0.05) is 4.47 Å². The van der Waals surface area contributed by atoms with Crippen LogP contribution in [0.4, 0.5) is 11.6 Å². The molecule has 1 heterocycles. The van der Waals surface area contributed by atoms with E-state index in [0.29, 0.717) is 11.4 Å². The van der Waals surface area contributed by atoms with Crippen molar-refractivity contribution in [3.8, 4) is 5.69 Å². The molecule has 2 aromatic rings. The largest absolute Gasteiger partial charge is 0.391 e. The highest BCUT2D eigenvalue weighted by Crippen LogP contribution is 2.27. The number of aromatic nitrogens is 2. The van der Waals surface area contributed by atoms with Crippen LogP contribution in [0.2, 0.25) is 0 Å². The first-order valence-corrected chi connectivity index (χ1v) is 5.43. The molecule has 16 heavy (non-hydrogen) atoms. The molecule has 0 saturated carbocycles. The molecule has 0 bridgehead atoms. The average molecular weight is 283 g/mol. The van der Waals surface area contributed by atoms with E-state index in [9.17, 15) is 0 Å². The fourth-order valence-electron chi connectivity index (χ4n) is 1.45. The zero-order chi connectivity index (χ0) is 11.7. The molecule has 84 valence electrons. The normalized spacial score (nSPS) is 10.6. The number of aliphatic hydroxyl groups is 1. The summed E-state index contributed by atoms with van der Waals surface area (Å²) in [4.78, 5) is 0. The Balaban J connectivity index is 2.62. The third kappa shape index (κ3) is 1.66. The van der Waals surface area contributed by atoms with Gasteiger partial charge >= 0.3 is 0 Å². The Labute approximate surface area is 101 Å². The second-order valence-electron chi connectivity index (χ2n) is 3.27. The molecule has 0 aliphatic carbocycles. The Morgan fingerprint density at radius 1 is 1.31 bits per heavy atom. The van der Waals surface area contributed by atoms with Crippen molar-refractivity contribution in [2.75, 3.05) is 11.5 Å². The number of hydrogen-bond donors (Lipinski definition) is 3. The maximum atomic E-state index is 9.10. The molecule has 1 aromatic heterocycles. The van der Waals surface area contributed by atoms with Crippen LogP contribution in [0.5, 0.6) is 0 Å². The Bertz CT molecular complexity index is 524. The number of anilines is 2. The highest BCUT2D eigenvalue weighted by molar-refractivity contribution is 9.10. The van der Waals surface area contributed by atoms with Gasteiger partial charge < -0.3 is 16.6 Å². The summed E-state index contributed by atoms with van der Waals surface area (Å²) in [7, 11) is 0. The molecule has 0 unspecified atom stereocenters. The Hall–Kier alpha value is -1.53. The monoisotopic (exact) mass is 282 g/mol. The summed E-state index contributed by atoms with van der Waals surface area (Å²) in [6.45, 7) is -0.220. The van der Waals surface area contributed by atoms with Crippen LogP contribution in [-0.4, -0.2) is 14.9 Å². The molecule has 0 aliphatic rings. The van der Waals surface area contributed by atoms with Crippen molar-refractivity contribution in [3.05, 3.63) is 34.3 Å². The summed E-state index contributed by atoms with van der Waals surface area (Å²) in [5.74, 6) is 0.600. The van der Waals surface area contributed by atoms with Gasteiger partial charge in [0.25, 0.3) is 0 Å². The van der Waals surface area contributed by atoms with Crippen molar-refractivity contribution in [2.45, 2.75) is 6.61 Å². The molecule has 2 rings (SSSR count). The second kappa shape index (κ2) is 4.15. The van der Waals surface area contributed by atoms with E-state index >= 15 is 0 Å². The van der Waals surface area contributed by atoms with Crippen LogP contribution in [0.3, 0.4) is 0 Å². The number of benzene rings is 1. The summed E-state index contributed by atoms with van der Waals surface area (Å²) in [5, 5.41) is 13.2. The van der Waals surface area contributed by atoms with E-state index in [4.69, 9.17) is 16.6 Å². The molecule has 0 saturated heterocycles. The van der Waals surface area contributed by atoms with Crippen LogP contribution in [0.1, 0.15) is 5.56 Å². The van der Waals surface area contributed by atoms with Crippen LogP contribution >= 0.6 is 15.9 Å². The second-order valence-corrected chi connectivity index (χ2v) is 4.12. The molecule has 5 N–H and O–H groups in total. The lowest BCUT2D eigenvalue weighted by atomic mass is 10.3. The molecular weight excluding hydrogens is 272 g/mol. The Morgan fingerprint density at radius 3 is 2.56 bits per heavy atom. The number of nitrogens with two attached hydrogens (primary N) is 2. The van der Waals surface area contributed by atoms with Gasteiger partial charge in [0.2, 0.25) is 0 Å². The summed E-state index contributed by atoms with van der Waals surface area (Å²) in [5.41, 5.74) is 12.7. The van der Waals surface area contributed by atoms with E-state index in [0.717, 1.165) is 10.2 Å². The van der Waals surface area contributed by atoms with Crippen molar-refractivity contribution in [2.24, 2.45) is 0 Å². The van der Waals surface area contributed by atoms with Gasteiger partial charge in [-0.05, 0) is 28.1 Å².